The van der Waals surface area contributed by atoms with Crippen LogP contribution in [0.3, 0.4) is 0 Å². The van der Waals surface area contributed by atoms with Gasteiger partial charge in [0, 0.05) is 13.1 Å². The molecular formula is C17H28N2O2. The Morgan fingerprint density at radius 3 is 2.52 bits per heavy atom. The van der Waals surface area contributed by atoms with Crippen molar-refractivity contribution in [2.45, 2.75) is 45.1 Å². The molecule has 0 saturated heterocycles. The van der Waals surface area contributed by atoms with Crippen LogP contribution in [0, 0.1) is 0 Å². The summed E-state index contributed by atoms with van der Waals surface area (Å²) in [7, 11) is 0. The molecule has 0 bridgehead atoms. The first-order valence-electron chi connectivity index (χ1n) is 7.88. The van der Waals surface area contributed by atoms with Crippen LogP contribution in [0.4, 0.5) is 0 Å². The highest BCUT2D eigenvalue weighted by Gasteiger charge is 2.20. The Hall–Kier alpha value is -1.39. The van der Waals surface area contributed by atoms with E-state index in [-0.39, 0.29) is 12.5 Å². The standard InChI is InChI=1S/C17H28N2O2/c1-2-3-4-8-11-19(12-13-20)17(21)16(18)14-15-9-6-5-7-10-15/h5-7,9-10,16,20H,2-4,8,11-14,18H2,1H3/t16-/m1/s1. The number of unbranched alkanes of at least 4 members (excludes halogenated alkanes) is 3. The quantitative estimate of drug-likeness (QED) is 0.648. The van der Waals surface area contributed by atoms with Crippen LogP contribution in [-0.2, 0) is 11.2 Å². The molecule has 0 fully saturated rings. The first-order valence-corrected chi connectivity index (χ1v) is 7.88. The second kappa shape index (κ2) is 10.4. The molecule has 0 heterocycles. The molecule has 21 heavy (non-hydrogen) atoms. The molecule has 0 aromatic heterocycles. The molecule has 0 radical (unpaired) electrons. The van der Waals surface area contributed by atoms with Gasteiger partial charge in [0.1, 0.15) is 0 Å². The van der Waals surface area contributed by atoms with Gasteiger partial charge in [-0.2, -0.15) is 0 Å². The number of nitrogens with zero attached hydrogens (tertiary/aromatic N) is 1. The lowest BCUT2D eigenvalue weighted by Crippen LogP contribution is -2.46. The Morgan fingerprint density at radius 2 is 1.90 bits per heavy atom. The van der Waals surface area contributed by atoms with Gasteiger partial charge >= 0.3 is 0 Å². The van der Waals surface area contributed by atoms with E-state index in [1.54, 1.807) is 4.90 Å². The van der Waals surface area contributed by atoms with Gasteiger partial charge in [-0.05, 0) is 18.4 Å². The highest BCUT2D eigenvalue weighted by molar-refractivity contribution is 5.82. The number of rotatable bonds is 10. The summed E-state index contributed by atoms with van der Waals surface area (Å²) in [5.41, 5.74) is 7.10. The predicted molar refractivity (Wildman–Crippen MR) is 85.9 cm³/mol. The third-order valence-corrected chi connectivity index (χ3v) is 3.58. The van der Waals surface area contributed by atoms with Crippen molar-refractivity contribution in [1.82, 2.24) is 4.90 Å². The number of nitrogens with two attached hydrogens (primary N) is 1. The average Bonchev–Trinajstić information content (AvgIpc) is 2.50. The molecule has 0 aliphatic heterocycles. The highest BCUT2D eigenvalue weighted by atomic mass is 16.3. The maximum Gasteiger partial charge on any atom is 0.239 e. The van der Waals surface area contributed by atoms with E-state index in [2.05, 4.69) is 6.92 Å². The predicted octanol–water partition coefficient (Wildman–Crippen LogP) is 1.96. The summed E-state index contributed by atoms with van der Waals surface area (Å²) in [5.74, 6) is -0.0654. The van der Waals surface area contributed by atoms with E-state index in [1.807, 2.05) is 30.3 Å². The van der Waals surface area contributed by atoms with E-state index in [1.165, 1.54) is 12.8 Å². The first kappa shape index (κ1) is 17.7. The fourth-order valence-corrected chi connectivity index (χ4v) is 2.37. The van der Waals surface area contributed by atoms with Crippen LogP contribution in [0.15, 0.2) is 30.3 Å². The zero-order valence-electron chi connectivity index (χ0n) is 13.0. The fourth-order valence-electron chi connectivity index (χ4n) is 2.37. The molecule has 1 aromatic rings. The minimum atomic E-state index is -0.537. The van der Waals surface area contributed by atoms with Gasteiger partial charge < -0.3 is 15.7 Å². The Morgan fingerprint density at radius 1 is 1.19 bits per heavy atom. The molecule has 1 atom stereocenters. The van der Waals surface area contributed by atoms with E-state index >= 15 is 0 Å². The van der Waals surface area contributed by atoms with Crippen LogP contribution in [0.2, 0.25) is 0 Å². The zero-order valence-corrected chi connectivity index (χ0v) is 13.0. The fraction of sp³-hybridized carbons (Fsp3) is 0.588. The third kappa shape index (κ3) is 6.74. The lowest BCUT2D eigenvalue weighted by molar-refractivity contribution is -0.133. The largest absolute Gasteiger partial charge is 0.395 e. The van der Waals surface area contributed by atoms with E-state index in [4.69, 9.17) is 10.8 Å². The van der Waals surface area contributed by atoms with Gasteiger partial charge in [-0.3, -0.25) is 4.79 Å². The SMILES string of the molecule is CCCCCCN(CCO)C(=O)[C@H](N)Cc1ccccc1. The molecule has 1 rings (SSSR count). The average molecular weight is 292 g/mol. The van der Waals surface area contributed by atoms with Crippen LogP contribution in [0.25, 0.3) is 0 Å². The maximum atomic E-state index is 12.4. The van der Waals surface area contributed by atoms with Gasteiger partial charge in [-0.15, -0.1) is 0 Å². The number of carbonyl (C=O) groups is 1. The van der Waals surface area contributed by atoms with Gasteiger partial charge in [-0.25, -0.2) is 0 Å². The van der Waals surface area contributed by atoms with E-state index in [0.29, 0.717) is 19.5 Å². The second-order valence-corrected chi connectivity index (χ2v) is 5.41. The zero-order chi connectivity index (χ0) is 15.5. The van der Waals surface area contributed by atoms with Crippen LogP contribution < -0.4 is 5.73 Å². The number of hydrogen-bond donors (Lipinski definition) is 2. The smallest absolute Gasteiger partial charge is 0.239 e. The molecule has 0 spiro atoms. The van der Waals surface area contributed by atoms with Gasteiger partial charge in [0.2, 0.25) is 5.91 Å². The van der Waals surface area contributed by atoms with Crippen molar-refractivity contribution in [1.29, 1.82) is 0 Å². The molecule has 1 amide bonds. The van der Waals surface area contributed by atoms with Crippen molar-refractivity contribution in [3.8, 4) is 0 Å². The molecule has 4 heteroatoms. The topological polar surface area (TPSA) is 66.6 Å². The summed E-state index contributed by atoms with van der Waals surface area (Å²) in [6, 6.07) is 9.26. The van der Waals surface area contributed by atoms with Crippen molar-refractivity contribution in [3.63, 3.8) is 0 Å². The normalized spacial score (nSPS) is 12.1. The second-order valence-electron chi connectivity index (χ2n) is 5.41. The van der Waals surface area contributed by atoms with Gasteiger partial charge in [0.25, 0.3) is 0 Å². The monoisotopic (exact) mass is 292 g/mol. The summed E-state index contributed by atoms with van der Waals surface area (Å²) in [6.45, 7) is 3.19. The van der Waals surface area contributed by atoms with Crippen molar-refractivity contribution >= 4 is 5.91 Å². The molecule has 3 N–H and O–H groups in total. The summed E-state index contributed by atoms with van der Waals surface area (Å²) < 4.78 is 0. The van der Waals surface area contributed by atoms with Gasteiger partial charge in [0.05, 0.1) is 12.6 Å². The maximum absolute atomic E-state index is 12.4. The number of aliphatic hydroxyl groups excluding tert-OH is 1. The summed E-state index contributed by atoms with van der Waals surface area (Å²) in [6.07, 6.45) is 4.96. The minimum Gasteiger partial charge on any atom is -0.395 e. The first-order chi connectivity index (χ1) is 10.2. The lowest BCUT2D eigenvalue weighted by Gasteiger charge is -2.25. The minimum absolute atomic E-state index is 0.0163. The molecule has 0 saturated carbocycles. The van der Waals surface area contributed by atoms with Gasteiger partial charge in [-0.1, -0.05) is 56.5 Å². The van der Waals surface area contributed by atoms with Crippen LogP contribution in [0.5, 0.6) is 0 Å². The Kier molecular flexibility index (Phi) is 8.71. The Bertz CT molecular complexity index is 395. The van der Waals surface area contributed by atoms with Crippen molar-refractivity contribution in [2.75, 3.05) is 19.7 Å². The van der Waals surface area contributed by atoms with E-state index in [0.717, 1.165) is 18.4 Å². The van der Waals surface area contributed by atoms with Crippen LogP contribution in [0.1, 0.15) is 38.2 Å². The van der Waals surface area contributed by atoms with E-state index in [9.17, 15) is 4.79 Å². The number of aliphatic hydroxyl groups is 1. The number of carbonyl (C=O) groups excluding carboxylic acids is 1. The van der Waals surface area contributed by atoms with Crippen LogP contribution >= 0.6 is 0 Å². The molecule has 1 aromatic carbocycles. The van der Waals surface area contributed by atoms with Crippen LogP contribution in [-0.4, -0.2) is 41.7 Å². The van der Waals surface area contributed by atoms with Crippen molar-refractivity contribution < 1.29 is 9.90 Å². The Balaban J connectivity index is 2.49. The summed E-state index contributed by atoms with van der Waals surface area (Å²) in [5, 5.41) is 9.13. The number of benzene rings is 1. The lowest BCUT2D eigenvalue weighted by atomic mass is 10.1. The highest BCUT2D eigenvalue weighted by Crippen LogP contribution is 2.07. The van der Waals surface area contributed by atoms with E-state index < -0.39 is 6.04 Å². The number of amides is 1. The van der Waals surface area contributed by atoms with Gasteiger partial charge in [0.15, 0.2) is 0 Å². The molecule has 0 unspecified atom stereocenters. The third-order valence-electron chi connectivity index (χ3n) is 3.58. The van der Waals surface area contributed by atoms with Crippen molar-refractivity contribution in [3.05, 3.63) is 35.9 Å². The molecule has 4 nitrogen and oxygen atoms in total. The molecular weight excluding hydrogens is 264 g/mol. The Labute approximate surface area is 128 Å². The molecule has 118 valence electrons. The molecule has 0 aliphatic rings. The summed E-state index contributed by atoms with van der Waals surface area (Å²) >= 11 is 0. The number of hydrogen-bond acceptors (Lipinski definition) is 3. The van der Waals surface area contributed by atoms with Crippen molar-refractivity contribution in [2.24, 2.45) is 5.73 Å². The molecule has 0 aliphatic carbocycles. The summed E-state index contributed by atoms with van der Waals surface area (Å²) in [4.78, 5) is 14.1.